The number of halogens is 2. The van der Waals surface area contributed by atoms with Crippen LogP contribution in [0.5, 0.6) is 0 Å². The van der Waals surface area contributed by atoms with E-state index in [2.05, 4.69) is 14.8 Å². The van der Waals surface area contributed by atoms with Crippen molar-refractivity contribution in [2.75, 3.05) is 5.73 Å². The van der Waals surface area contributed by atoms with Crippen LogP contribution >= 0.6 is 34.9 Å². The van der Waals surface area contributed by atoms with Gasteiger partial charge in [0.05, 0.1) is 33.0 Å². The van der Waals surface area contributed by atoms with Gasteiger partial charge in [-0.05, 0) is 25.5 Å². The van der Waals surface area contributed by atoms with Crippen LogP contribution in [0.25, 0.3) is 16.7 Å². The monoisotopic (exact) mass is 337 g/mol. The van der Waals surface area contributed by atoms with E-state index in [1.165, 1.54) is 0 Å². The molecule has 3 aromatic rings. The van der Waals surface area contributed by atoms with Crippen LogP contribution in [0.4, 0.5) is 5.82 Å². The average Bonchev–Trinajstić information content (AvgIpc) is 2.99. The summed E-state index contributed by atoms with van der Waals surface area (Å²) >= 11 is 13.5. The first-order chi connectivity index (χ1) is 9.97. The molecule has 2 aromatic heterocycles. The third-order valence-electron chi connectivity index (χ3n) is 3.50. The van der Waals surface area contributed by atoms with Gasteiger partial charge in [0.1, 0.15) is 22.9 Å². The van der Waals surface area contributed by atoms with Crippen molar-refractivity contribution in [1.29, 1.82) is 5.26 Å². The van der Waals surface area contributed by atoms with E-state index in [1.54, 1.807) is 10.6 Å². The topological polar surface area (TPSA) is 80.5 Å². The van der Waals surface area contributed by atoms with Gasteiger partial charge in [0, 0.05) is 5.69 Å². The summed E-state index contributed by atoms with van der Waals surface area (Å²) in [5.41, 5.74) is 9.96. The van der Waals surface area contributed by atoms with Crippen molar-refractivity contribution in [2.45, 2.75) is 13.8 Å². The maximum absolute atomic E-state index is 9.25. The van der Waals surface area contributed by atoms with E-state index in [-0.39, 0.29) is 0 Å². The van der Waals surface area contributed by atoms with Crippen LogP contribution in [-0.2, 0) is 0 Å². The first kappa shape index (κ1) is 14.1. The zero-order valence-electron chi connectivity index (χ0n) is 11.1. The molecule has 8 heteroatoms. The van der Waals surface area contributed by atoms with E-state index in [9.17, 15) is 5.26 Å². The molecule has 0 saturated heterocycles. The van der Waals surface area contributed by atoms with E-state index < -0.39 is 0 Å². The third-order valence-corrected chi connectivity index (χ3v) is 4.61. The molecule has 0 unspecified atom stereocenters. The van der Waals surface area contributed by atoms with Gasteiger partial charge < -0.3 is 5.73 Å². The predicted molar refractivity (Wildman–Crippen MR) is 85.4 cm³/mol. The maximum atomic E-state index is 9.25. The Kier molecular flexibility index (Phi) is 3.29. The zero-order chi connectivity index (χ0) is 15.3. The van der Waals surface area contributed by atoms with Crippen molar-refractivity contribution in [2.24, 2.45) is 0 Å². The minimum atomic E-state index is 0.339. The Labute approximate surface area is 134 Å². The minimum absolute atomic E-state index is 0.339. The summed E-state index contributed by atoms with van der Waals surface area (Å²) in [5, 5.41) is 10.1. The largest absolute Gasteiger partial charge is 0.384 e. The summed E-state index contributed by atoms with van der Waals surface area (Å²) < 4.78 is 10.2. The van der Waals surface area contributed by atoms with Crippen molar-refractivity contribution in [3.8, 4) is 11.8 Å². The summed E-state index contributed by atoms with van der Waals surface area (Å²) in [4.78, 5) is 0. The van der Waals surface area contributed by atoms with Gasteiger partial charge >= 0.3 is 0 Å². The van der Waals surface area contributed by atoms with Gasteiger partial charge in [-0.15, -0.1) is 0 Å². The quantitative estimate of drug-likeness (QED) is 0.730. The molecule has 0 aliphatic rings. The van der Waals surface area contributed by atoms with Gasteiger partial charge in [-0.2, -0.15) is 14.0 Å². The molecular weight excluding hydrogens is 329 g/mol. The molecule has 0 fully saturated rings. The van der Waals surface area contributed by atoms with Gasteiger partial charge in [0.25, 0.3) is 0 Å². The molecule has 0 aliphatic carbocycles. The Bertz CT molecular complexity index is 919. The molecular formula is C13H9Cl2N5S. The minimum Gasteiger partial charge on any atom is -0.384 e. The van der Waals surface area contributed by atoms with Gasteiger partial charge in [-0.1, -0.05) is 23.2 Å². The molecule has 0 radical (unpaired) electrons. The second kappa shape index (κ2) is 4.88. The normalized spacial score (nSPS) is 11.0. The Morgan fingerprint density at radius 1 is 1.24 bits per heavy atom. The third kappa shape index (κ3) is 1.89. The van der Waals surface area contributed by atoms with Gasteiger partial charge in [0.15, 0.2) is 0 Å². The van der Waals surface area contributed by atoms with Crippen LogP contribution in [0.1, 0.15) is 16.8 Å². The first-order valence-electron chi connectivity index (χ1n) is 5.95. The number of fused-ring (bicyclic) bond motifs is 1. The molecule has 0 atom stereocenters. The van der Waals surface area contributed by atoms with Crippen LogP contribution in [0.15, 0.2) is 6.07 Å². The lowest BCUT2D eigenvalue weighted by atomic mass is 10.2. The summed E-state index contributed by atoms with van der Waals surface area (Å²) in [6.07, 6.45) is 0. The number of hydrogen-bond donors (Lipinski definition) is 1. The van der Waals surface area contributed by atoms with Gasteiger partial charge in [0.2, 0.25) is 0 Å². The number of nitriles is 1. The zero-order valence-corrected chi connectivity index (χ0v) is 13.4. The number of anilines is 1. The maximum Gasteiger partial charge on any atom is 0.131 e. The van der Waals surface area contributed by atoms with Crippen LogP contribution in [-0.4, -0.2) is 13.3 Å². The molecule has 3 rings (SSSR count). The molecule has 0 saturated carbocycles. The highest BCUT2D eigenvalue weighted by molar-refractivity contribution is 7.00. The van der Waals surface area contributed by atoms with Crippen LogP contribution in [0, 0.1) is 25.2 Å². The van der Waals surface area contributed by atoms with Crippen molar-refractivity contribution in [3.63, 3.8) is 0 Å². The number of nitrogens with two attached hydrogens (primary N) is 1. The summed E-state index contributed by atoms with van der Waals surface area (Å²) in [7, 11) is 0. The van der Waals surface area contributed by atoms with E-state index in [0.717, 1.165) is 23.0 Å². The summed E-state index contributed by atoms with van der Waals surface area (Å²) in [6, 6.07) is 3.73. The fraction of sp³-hybridized carbons (Fsp3) is 0.154. The van der Waals surface area contributed by atoms with E-state index in [1.807, 2.05) is 13.8 Å². The summed E-state index contributed by atoms with van der Waals surface area (Å²) in [5.74, 6) is 0.339. The predicted octanol–water partition coefficient (Wildman–Crippen LogP) is 3.86. The number of hydrogen-bond acceptors (Lipinski definition) is 5. The van der Waals surface area contributed by atoms with Gasteiger partial charge in [-0.25, -0.2) is 0 Å². The lowest BCUT2D eigenvalue weighted by Crippen LogP contribution is -2.04. The fourth-order valence-corrected chi connectivity index (χ4v) is 3.53. The Balaban J connectivity index is 2.48. The van der Waals surface area contributed by atoms with Crippen molar-refractivity contribution in [3.05, 3.63) is 32.9 Å². The molecule has 1 aromatic carbocycles. The second-order valence-corrected chi connectivity index (χ2v) is 5.91. The highest BCUT2D eigenvalue weighted by Crippen LogP contribution is 2.38. The SMILES string of the molecule is Cc1c(C#N)c(N)n(-c2c(Cl)cc(Cl)c3nsnc23)c1C. The molecule has 2 heterocycles. The molecule has 0 amide bonds. The van der Waals surface area contributed by atoms with Crippen LogP contribution in [0.3, 0.4) is 0 Å². The fourth-order valence-electron chi connectivity index (χ4n) is 2.34. The smallest absolute Gasteiger partial charge is 0.131 e. The van der Waals surface area contributed by atoms with E-state index in [0.29, 0.717) is 38.1 Å². The molecule has 0 spiro atoms. The number of rotatable bonds is 1. The molecule has 106 valence electrons. The number of nitrogens with zero attached hydrogens (tertiary/aromatic N) is 4. The standard InChI is InChI=1S/C13H9Cl2N5S/c1-5-6(2)20(13(17)7(5)4-16)12-9(15)3-8(14)10-11(12)19-21-18-10/h3H,17H2,1-2H3. The second-order valence-electron chi connectivity index (χ2n) is 4.57. The number of aromatic nitrogens is 3. The molecule has 2 N–H and O–H groups in total. The van der Waals surface area contributed by atoms with E-state index in [4.69, 9.17) is 28.9 Å². The Morgan fingerprint density at radius 2 is 1.90 bits per heavy atom. The molecule has 21 heavy (non-hydrogen) atoms. The first-order valence-corrected chi connectivity index (χ1v) is 7.44. The summed E-state index contributed by atoms with van der Waals surface area (Å²) in [6.45, 7) is 3.73. The lowest BCUT2D eigenvalue weighted by molar-refractivity contribution is 1.02. The van der Waals surface area contributed by atoms with Crippen LogP contribution < -0.4 is 5.73 Å². The van der Waals surface area contributed by atoms with Crippen molar-refractivity contribution < 1.29 is 0 Å². The van der Waals surface area contributed by atoms with Crippen molar-refractivity contribution in [1.82, 2.24) is 13.3 Å². The highest BCUT2D eigenvalue weighted by Gasteiger charge is 2.22. The van der Waals surface area contributed by atoms with E-state index >= 15 is 0 Å². The molecule has 0 aliphatic heterocycles. The molecule has 5 nitrogen and oxygen atoms in total. The lowest BCUT2D eigenvalue weighted by Gasteiger charge is -2.12. The highest BCUT2D eigenvalue weighted by atomic mass is 35.5. The van der Waals surface area contributed by atoms with Crippen molar-refractivity contribution >= 4 is 51.8 Å². The number of benzene rings is 1. The molecule has 0 bridgehead atoms. The number of nitrogen functional groups attached to an aromatic ring is 1. The Hall–Kier alpha value is -1.81. The van der Waals surface area contributed by atoms with Gasteiger partial charge in [-0.3, -0.25) is 4.57 Å². The van der Waals surface area contributed by atoms with Crippen LogP contribution in [0.2, 0.25) is 10.0 Å². The Morgan fingerprint density at radius 3 is 2.52 bits per heavy atom. The average molecular weight is 338 g/mol.